The zero-order valence-electron chi connectivity index (χ0n) is 13.1. The van der Waals surface area contributed by atoms with Crippen molar-refractivity contribution in [2.75, 3.05) is 0 Å². The van der Waals surface area contributed by atoms with Crippen LogP contribution in [-0.4, -0.2) is 16.7 Å². The second kappa shape index (κ2) is 7.32. The number of aliphatic imine (C=N–C) groups is 1. The Morgan fingerprint density at radius 3 is 2.38 bits per heavy atom. The Kier molecular flexibility index (Phi) is 5.45. The van der Waals surface area contributed by atoms with Crippen molar-refractivity contribution >= 4 is 24.0 Å². The number of hydrogen-bond donors (Lipinski definition) is 0. The van der Waals surface area contributed by atoms with Crippen molar-refractivity contribution in [2.45, 2.75) is 38.6 Å². The fourth-order valence-electron chi connectivity index (χ4n) is 1.93. The van der Waals surface area contributed by atoms with Gasteiger partial charge in [0, 0.05) is 10.9 Å². The third-order valence-corrected chi connectivity index (χ3v) is 4.34. The Bertz CT molecular complexity index is 606. The Hall–Kier alpha value is -1.74. The molecule has 3 heteroatoms. The smallest absolute Gasteiger partial charge is 0.102 e. The highest BCUT2D eigenvalue weighted by molar-refractivity contribution is 7.97. The van der Waals surface area contributed by atoms with Gasteiger partial charge in [-0.1, -0.05) is 35.9 Å². The average Bonchev–Trinajstić information content (AvgIpc) is 2.46. The topological polar surface area (TPSA) is 15.6 Å². The number of nitrogens with zero attached hydrogens (tertiary/aromatic N) is 2. The minimum atomic E-state index is 0.379. The van der Waals surface area contributed by atoms with Gasteiger partial charge in [-0.2, -0.15) is 0 Å². The van der Waals surface area contributed by atoms with Gasteiger partial charge in [-0.05, 0) is 63.4 Å². The minimum absolute atomic E-state index is 0.379. The van der Waals surface area contributed by atoms with Crippen LogP contribution in [0.3, 0.4) is 0 Å². The van der Waals surface area contributed by atoms with Crippen LogP contribution in [0, 0.1) is 13.8 Å². The van der Waals surface area contributed by atoms with Gasteiger partial charge in [0.15, 0.2) is 0 Å². The van der Waals surface area contributed by atoms with Gasteiger partial charge in [0.25, 0.3) is 0 Å². The molecule has 2 rings (SSSR count). The first kappa shape index (κ1) is 15.6. The van der Waals surface area contributed by atoms with Crippen LogP contribution >= 0.6 is 11.9 Å². The maximum atomic E-state index is 4.64. The molecule has 0 bridgehead atoms. The van der Waals surface area contributed by atoms with Crippen LogP contribution in [0.1, 0.15) is 25.0 Å². The first-order valence-corrected chi connectivity index (χ1v) is 7.96. The highest BCUT2D eigenvalue weighted by Gasteiger charge is 2.07. The zero-order chi connectivity index (χ0) is 15.2. The molecule has 0 saturated heterocycles. The molecule has 0 aromatic heterocycles. The third-order valence-electron chi connectivity index (χ3n) is 3.13. The van der Waals surface area contributed by atoms with Crippen LogP contribution in [0.25, 0.3) is 0 Å². The molecule has 0 amide bonds. The quantitative estimate of drug-likeness (QED) is 0.418. The van der Waals surface area contributed by atoms with Gasteiger partial charge in [0.1, 0.15) is 6.34 Å². The molecule has 0 radical (unpaired) electrons. The van der Waals surface area contributed by atoms with E-state index in [4.69, 9.17) is 0 Å². The molecule has 0 saturated carbocycles. The van der Waals surface area contributed by atoms with E-state index >= 15 is 0 Å². The van der Waals surface area contributed by atoms with Crippen LogP contribution in [-0.2, 0) is 0 Å². The molecule has 0 aliphatic carbocycles. The normalized spacial score (nSPS) is 11.3. The molecule has 0 heterocycles. The summed E-state index contributed by atoms with van der Waals surface area (Å²) < 4.78 is 2.18. The van der Waals surface area contributed by atoms with Gasteiger partial charge in [-0.25, -0.2) is 4.99 Å². The summed E-state index contributed by atoms with van der Waals surface area (Å²) in [5, 5.41) is 0. The minimum Gasteiger partial charge on any atom is -0.300 e. The van der Waals surface area contributed by atoms with E-state index in [-0.39, 0.29) is 0 Å². The van der Waals surface area contributed by atoms with Crippen molar-refractivity contribution in [3.63, 3.8) is 0 Å². The summed E-state index contributed by atoms with van der Waals surface area (Å²) in [5.41, 5.74) is 3.51. The fraction of sp³-hybridized carbons (Fsp3) is 0.278. The lowest BCUT2D eigenvalue weighted by atomic mass is 10.1. The Morgan fingerprint density at radius 1 is 1.05 bits per heavy atom. The monoisotopic (exact) mass is 298 g/mol. The molecule has 0 aliphatic heterocycles. The molecule has 21 heavy (non-hydrogen) atoms. The molecule has 2 nitrogen and oxygen atoms in total. The highest BCUT2D eigenvalue weighted by atomic mass is 32.2. The van der Waals surface area contributed by atoms with Gasteiger partial charge in [-0.15, -0.1) is 0 Å². The number of rotatable bonds is 5. The first-order valence-electron chi connectivity index (χ1n) is 7.19. The third kappa shape index (κ3) is 4.64. The van der Waals surface area contributed by atoms with E-state index in [9.17, 15) is 0 Å². The Labute approximate surface area is 132 Å². The molecule has 0 spiro atoms. The van der Waals surface area contributed by atoms with E-state index in [2.05, 4.69) is 79.5 Å². The molecule has 0 N–H and O–H groups in total. The summed E-state index contributed by atoms with van der Waals surface area (Å²) in [6.07, 6.45) is 1.93. The fourth-order valence-corrected chi connectivity index (χ4v) is 2.76. The van der Waals surface area contributed by atoms with E-state index in [0.717, 1.165) is 5.69 Å². The predicted octanol–water partition coefficient (Wildman–Crippen LogP) is 5.38. The molecule has 0 unspecified atom stereocenters. The van der Waals surface area contributed by atoms with Gasteiger partial charge >= 0.3 is 0 Å². The van der Waals surface area contributed by atoms with E-state index in [1.165, 1.54) is 16.0 Å². The summed E-state index contributed by atoms with van der Waals surface area (Å²) >= 11 is 1.71. The summed E-state index contributed by atoms with van der Waals surface area (Å²) in [6, 6.07) is 17.1. The van der Waals surface area contributed by atoms with Crippen LogP contribution < -0.4 is 0 Å². The summed E-state index contributed by atoms with van der Waals surface area (Å²) in [6.45, 7) is 8.55. The van der Waals surface area contributed by atoms with Crippen molar-refractivity contribution in [1.29, 1.82) is 0 Å². The summed E-state index contributed by atoms with van der Waals surface area (Å²) in [5.74, 6) is 0. The highest BCUT2D eigenvalue weighted by Crippen LogP contribution is 2.25. The van der Waals surface area contributed by atoms with E-state index < -0.39 is 0 Å². The zero-order valence-corrected chi connectivity index (χ0v) is 13.9. The van der Waals surface area contributed by atoms with Crippen LogP contribution in [0.5, 0.6) is 0 Å². The lowest BCUT2D eigenvalue weighted by Gasteiger charge is -2.22. The van der Waals surface area contributed by atoms with Crippen LogP contribution in [0.15, 0.2) is 58.4 Å². The average molecular weight is 298 g/mol. The lowest BCUT2D eigenvalue weighted by molar-refractivity contribution is 0.563. The molecule has 0 atom stereocenters. The molecule has 110 valence electrons. The van der Waals surface area contributed by atoms with Crippen molar-refractivity contribution in [1.82, 2.24) is 4.31 Å². The van der Waals surface area contributed by atoms with Gasteiger partial charge in [0.2, 0.25) is 0 Å². The second-order valence-electron chi connectivity index (χ2n) is 5.39. The summed E-state index contributed by atoms with van der Waals surface area (Å²) in [4.78, 5) is 5.87. The van der Waals surface area contributed by atoms with Crippen molar-refractivity contribution in [3.8, 4) is 0 Å². The molecular weight excluding hydrogens is 276 g/mol. The van der Waals surface area contributed by atoms with Gasteiger partial charge in [-0.3, -0.25) is 0 Å². The number of benzene rings is 2. The second-order valence-corrected chi connectivity index (χ2v) is 6.47. The molecule has 0 aliphatic rings. The first-order chi connectivity index (χ1) is 10.1. The number of hydrogen-bond acceptors (Lipinski definition) is 2. The maximum absolute atomic E-state index is 4.64. The molecule has 0 fully saturated rings. The SMILES string of the molecule is Cc1ccc(N=CN(Sc2ccccc2)C(C)C)c(C)c1. The molecule has 2 aromatic carbocycles. The van der Waals surface area contributed by atoms with E-state index in [1.807, 2.05) is 12.4 Å². The van der Waals surface area contributed by atoms with Gasteiger partial charge in [0.05, 0.1) is 5.69 Å². The van der Waals surface area contributed by atoms with E-state index in [1.54, 1.807) is 11.9 Å². The summed E-state index contributed by atoms with van der Waals surface area (Å²) in [7, 11) is 0. The lowest BCUT2D eigenvalue weighted by Crippen LogP contribution is -2.21. The van der Waals surface area contributed by atoms with Crippen molar-refractivity contribution in [3.05, 3.63) is 59.7 Å². The molecular formula is C18H22N2S. The Morgan fingerprint density at radius 2 is 1.76 bits per heavy atom. The van der Waals surface area contributed by atoms with Gasteiger partial charge < -0.3 is 4.31 Å². The molecule has 2 aromatic rings. The van der Waals surface area contributed by atoms with Crippen LogP contribution in [0.2, 0.25) is 0 Å². The standard InChI is InChI=1S/C18H22N2S/c1-14(2)20(21-17-8-6-5-7-9-17)13-19-18-11-10-15(3)12-16(18)4/h5-14H,1-4H3. The van der Waals surface area contributed by atoms with E-state index in [0.29, 0.717) is 6.04 Å². The number of aryl methyl sites for hydroxylation is 2. The predicted molar refractivity (Wildman–Crippen MR) is 93.3 cm³/mol. The van der Waals surface area contributed by atoms with Crippen molar-refractivity contribution in [2.24, 2.45) is 4.99 Å². The maximum Gasteiger partial charge on any atom is 0.102 e. The van der Waals surface area contributed by atoms with Crippen molar-refractivity contribution < 1.29 is 0 Å². The van der Waals surface area contributed by atoms with Crippen LogP contribution in [0.4, 0.5) is 5.69 Å². The Balaban J connectivity index is 2.14. The largest absolute Gasteiger partial charge is 0.300 e.